The first-order valence-corrected chi connectivity index (χ1v) is 12.1. The van der Waals surface area contributed by atoms with E-state index in [1.54, 1.807) is 10.6 Å². The van der Waals surface area contributed by atoms with E-state index in [4.69, 9.17) is 16.6 Å². The topological polar surface area (TPSA) is 51.4 Å². The van der Waals surface area contributed by atoms with Gasteiger partial charge in [-0.2, -0.15) is 0 Å². The molecule has 3 aromatic carbocycles. The van der Waals surface area contributed by atoms with Crippen molar-refractivity contribution >= 4 is 45.6 Å². The second-order valence-electron chi connectivity index (χ2n) is 8.31. The summed E-state index contributed by atoms with van der Waals surface area (Å²) in [7, 11) is 0. The fourth-order valence-corrected chi connectivity index (χ4v) is 6.03. The molecule has 0 saturated carbocycles. The molecule has 0 saturated heterocycles. The smallest absolute Gasteiger partial charge is 0.271 e. The van der Waals surface area contributed by atoms with Crippen molar-refractivity contribution in [3.8, 4) is 0 Å². The van der Waals surface area contributed by atoms with Gasteiger partial charge in [-0.3, -0.25) is 14.2 Å². The predicted molar refractivity (Wildman–Crippen MR) is 132 cm³/mol. The number of hydrogen-bond donors (Lipinski definition) is 0. The van der Waals surface area contributed by atoms with E-state index >= 15 is 0 Å². The van der Waals surface area contributed by atoms with Gasteiger partial charge in [0.25, 0.3) is 5.56 Å². The van der Waals surface area contributed by atoms with Crippen LogP contribution in [0.1, 0.15) is 36.4 Å². The molecule has 4 nitrogen and oxygen atoms in total. The Bertz CT molecular complexity index is 1660. The lowest BCUT2D eigenvalue weighted by atomic mass is 9.84. The van der Waals surface area contributed by atoms with E-state index < -0.39 is 6.04 Å². The van der Waals surface area contributed by atoms with Crippen LogP contribution in [0.4, 0.5) is 0 Å². The minimum Gasteiger partial charge on any atom is -0.294 e. The molecule has 0 amide bonds. The Morgan fingerprint density at radius 2 is 1.76 bits per heavy atom. The summed E-state index contributed by atoms with van der Waals surface area (Å²) in [6.07, 6.45) is 3.84. The Labute approximate surface area is 198 Å². The SMILES string of the molecule is O=C1CCCC2=C1C(c1cccc3ccccc13)n1c(sc(=Cc3ccccc3Cl)c1=O)=N2. The number of carbonyl (C=O) groups excluding carboxylic acids is 1. The Morgan fingerprint density at radius 3 is 2.64 bits per heavy atom. The maximum Gasteiger partial charge on any atom is 0.271 e. The van der Waals surface area contributed by atoms with Crippen molar-refractivity contribution in [3.05, 3.63) is 114 Å². The third kappa shape index (κ3) is 3.31. The third-order valence-electron chi connectivity index (χ3n) is 6.34. The normalized spacial score (nSPS) is 18.3. The van der Waals surface area contributed by atoms with E-state index in [9.17, 15) is 9.59 Å². The quantitative estimate of drug-likeness (QED) is 0.423. The summed E-state index contributed by atoms with van der Waals surface area (Å²) < 4.78 is 2.26. The lowest BCUT2D eigenvalue weighted by Gasteiger charge is -2.29. The molecule has 0 N–H and O–H groups in total. The van der Waals surface area contributed by atoms with Crippen LogP contribution in [-0.2, 0) is 4.79 Å². The number of Topliss-reactive ketones (excluding diaryl/α,β-unsaturated/α-hetero) is 1. The van der Waals surface area contributed by atoms with Crippen LogP contribution >= 0.6 is 22.9 Å². The van der Waals surface area contributed by atoms with Gasteiger partial charge < -0.3 is 0 Å². The first-order valence-electron chi connectivity index (χ1n) is 10.9. The van der Waals surface area contributed by atoms with Crippen LogP contribution in [0, 0.1) is 0 Å². The van der Waals surface area contributed by atoms with Gasteiger partial charge in [-0.15, -0.1) is 0 Å². The highest BCUT2D eigenvalue weighted by Crippen LogP contribution is 2.38. The number of carbonyl (C=O) groups is 1. The second-order valence-corrected chi connectivity index (χ2v) is 9.73. The van der Waals surface area contributed by atoms with Crippen molar-refractivity contribution in [2.24, 2.45) is 4.99 Å². The fraction of sp³-hybridized carbons (Fsp3) is 0.148. The molecular formula is C27H19ClN2O2S. The summed E-state index contributed by atoms with van der Waals surface area (Å²) in [6.45, 7) is 0. The van der Waals surface area contributed by atoms with Crippen molar-refractivity contribution < 1.29 is 4.79 Å². The summed E-state index contributed by atoms with van der Waals surface area (Å²) >= 11 is 7.70. The number of nitrogens with zero attached hydrogens (tertiary/aromatic N) is 2. The van der Waals surface area contributed by atoms with Gasteiger partial charge in [-0.1, -0.05) is 83.6 Å². The average Bonchev–Trinajstić information content (AvgIpc) is 3.14. The molecule has 4 aromatic rings. The molecule has 1 atom stereocenters. The standard InChI is InChI=1S/C27H19ClN2O2S/c28-20-12-4-2-8-17(20)15-23-26(32)30-25(19-11-5-9-16-7-1-3-10-18(16)19)24-21(29-27(30)33-23)13-6-14-22(24)31/h1-5,7-12,15,25H,6,13-14H2. The molecule has 0 bridgehead atoms. The number of rotatable bonds is 2. The van der Waals surface area contributed by atoms with Crippen molar-refractivity contribution in [1.82, 2.24) is 4.57 Å². The molecule has 1 unspecified atom stereocenters. The number of aromatic nitrogens is 1. The van der Waals surface area contributed by atoms with Crippen molar-refractivity contribution in [2.75, 3.05) is 0 Å². The summed E-state index contributed by atoms with van der Waals surface area (Å²) in [5, 5.41) is 2.71. The Morgan fingerprint density at radius 1 is 0.970 bits per heavy atom. The lowest BCUT2D eigenvalue weighted by Crippen LogP contribution is -2.40. The molecule has 2 heterocycles. The van der Waals surface area contributed by atoms with Gasteiger partial charge in [0.1, 0.15) is 0 Å². The number of hydrogen-bond acceptors (Lipinski definition) is 4. The van der Waals surface area contributed by atoms with Gasteiger partial charge in [-0.05, 0) is 46.9 Å². The predicted octanol–water partition coefficient (Wildman–Crippen LogP) is 4.77. The maximum absolute atomic E-state index is 13.7. The molecule has 1 aliphatic carbocycles. The number of halogens is 1. The van der Waals surface area contributed by atoms with E-state index in [-0.39, 0.29) is 11.3 Å². The van der Waals surface area contributed by atoms with E-state index in [0.29, 0.717) is 26.4 Å². The molecule has 0 fully saturated rings. The van der Waals surface area contributed by atoms with E-state index in [1.165, 1.54) is 11.3 Å². The lowest BCUT2D eigenvalue weighted by molar-refractivity contribution is -0.116. The van der Waals surface area contributed by atoms with Gasteiger partial charge in [0.2, 0.25) is 0 Å². The molecule has 33 heavy (non-hydrogen) atoms. The number of allylic oxidation sites excluding steroid dienone is 2. The molecule has 162 valence electrons. The Kier molecular flexibility index (Phi) is 4.89. The van der Waals surface area contributed by atoms with Crippen LogP contribution < -0.4 is 14.9 Å². The molecule has 6 rings (SSSR count). The highest BCUT2D eigenvalue weighted by Gasteiger charge is 2.35. The zero-order valence-corrected chi connectivity index (χ0v) is 19.2. The van der Waals surface area contributed by atoms with Gasteiger partial charge in [0.05, 0.1) is 16.3 Å². The molecule has 1 aromatic heterocycles. The van der Waals surface area contributed by atoms with Gasteiger partial charge in [0.15, 0.2) is 10.6 Å². The molecule has 0 radical (unpaired) electrons. The average molecular weight is 471 g/mol. The van der Waals surface area contributed by atoms with Gasteiger partial charge in [-0.25, -0.2) is 4.99 Å². The van der Waals surface area contributed by atoms with Gasteiger partial charge >= 0.3 is 0 Å². The molecule has 0 spiro atoms. The number of thiazole rings is 1. The largest absolute Gasteiger partial charge is 0.294 e. The molecule has 6 heteroatoms. The maximum atomic E-state index is 13.7. The number of benzene rings is 3. The zero-order valence-electron chi connectivity index (χ0n) is 17.6. The van der Waals surface area contributed by atoms with Crippen molar-refractivity contribution in [2.45, 2.75) is 25.3 Å². The summed E-state index contributed by atoms with van der Waals surface area (Å²) in [4.78, 5) is 32.3. The fourth-order valence-electron chi connectivity index (χ4n) is 4.83. The van der Waals surface area contributed by atoms with Crippen LogP contribution in [0.2, 0.25) is 5.02 Å². The van der Waals surface area contributed by atoms with E-state index in [2.05, 4.69) is 18.2 Å². The van der Waals surface area contributed by atoms with Gasteiger partial charge in [0, 0.05) is 17.0 Å². The minimum atomic E-state index is -0.483. The molecule has 2 aliphatic rings. The first-order chi connectivity index (χ1) is 16.1. The second kappa shape index (κ2) is 7.94. The Hall–Kier alpha value is -3.28. The molecule has 1 aliphatic heterocycles. The van der Waals surface area contributed by atoms with E-state index in [0.717, 1.165) is 40.4 Å². The number of fused-ring (bicyclic) bond motifs is 2. The van der Waals surface area contributed by atoms with Crippen LogP contribution in [-0.4, -0.2) is 10.4 Å². The van der Waals surface area contributed by atoms with Crippen LogP contribution in [0.3, 0.4) is 0 Å². The zero-order chi connectivity index (χ0) is 22.5. The summed E-state index contributed by atoms with van der Waals surface area (Å²) in [6, 6.07) is 21.1. The summed E-state index contributed by atoms with van der Waals surface area (Å²) in [5.41, 5.74) is 3.06. The highest BCUT2D eigenvalue weighted by atomic mass is 35.5. The van der Waals surface area contributed by atoms with Crippen LogP contribution in [0.15, 0.2) is 87.8 Å². The first kappa shape index (κ1) is 20.3. The van der Waals surface area contributed by atoms with Crippen LogP contribution in [0.5, 0.6) is 0 Å². The molecular weight excluding hydrogens is 452 g/mol. The summed E-state index contributed by atoms with van der Waals surface area (Å²) in [5.74, 6) is 0.0818. The number of ketones is 1. The van der Waals surface area contributed by atoms with Crippen molar-refractivity contribution in [3.63, 3.8) is 0 Å². The van der Waals surface area contributed by atoms with Crippen LogP contribution in [0.25, 0.3) is 16.8 Å². The Balaban J connectivity index is 1.67. The third-order valence-corrected chi connectivity index (χ3v) is 7.66. The van der Waals surface area contributed by atoms with E-state index in [1.807, 2.05) is 48.5 Å². The monoisotopic (exact) mass is 470 g/mol. The minimum absolute atomic E-state index is 0.0818. The highest BCUT2D eigenvalue weighted by molar-refractivity contribution is 7.07. The van der Waals surface area contributed by atoms with Crippen molar-refractivity contribution in [1.29, 1.82) is 0 Å².